The number of amides is 1. The number of rotatable bonds is 3. The third-order valence-electron chi connectivity index (χ3n) is 1.41. The van der Waals surface area contributed by atoms with Crippen LogP contribution in [-0.2, 0) is 10.3 Å². The maximum absolute atomic E-state index is 10.8. The van der Waals surface area contributed by atoms with Crippen molar-refractivity contribution in [3.8, 4) is 5.75 Å². The van der Waals surface area contributed by atoms with Gasteiger partial charge in [0.25, 0.3) is 5.91 Å². The zero-order chi connectivity index (χ0) is 10.6. The second-order valence-corrected chi connectivity index (χ2v) is 3.05. The van der Waals surface area contributed by atoms with Crippen LogP contribution in [0, 0.1) is 0 Å². The number of ether oxygens (including phenoxy) is 1. The van der Waals surface area contributed by atoms with Gasteiger partial charge in [0.05, 0.1) is 5.56 Å². The molecule has 0 fully saturated rings. The number of primary amides is 1. The first kappa shape index (κ1) is 10.3. The molecular weight excluding hydrogens is 206 g/mol. The fourth-order valence-electron chi connectivity index (χ4n) is 0.864. The number of hydrogen-bond acceptors (Lipinski definition) is 4. The van der Waals surface area contributed by atoms with Crippen molar-refractivity contribution in [2.24, 2.45) is 5.73 Å². The highest BCUT2D eigenvalue weighted by atomic mass is 32.2. The van der Waals surface area contributed by atoms with Crippen LogP contribution in [0.1, 0.15) is 10.4 Å². The maximum atomic E-state index is 10.8. The van der Waals surface area contributed by atoms with Crippen LogP contribution >= 0.6 is 0 Å². The zero-order valence-corrected chi connectivity index (χ0v) is 7.82. The molecule has 1 aromatic carbocycles. The number of hydrogen-bond donors (Lipinski definition) is 1. The minimum atomic E-state index is -2.44. The first-order chi connectivity index (χ1) is 6.61. The van der Waals surface area contributed by atoms with Gasteiger partial charge in [0.2, 0.25) is 15.8 Å². The monoisotopic (exact) mass is 213 g/mol. The molecule has 0 aromatic heterocycles. The highest BCUT2D eigenvalue weighted by molar-refractivity contribution is 7.71. The van der Waals surface area contributed by atoms with Gasteiger partial charge in [-0.25, -0.2) is 0 Å². The van der Waals surface area contributed by atoms with Gasteiger partial charge < -0.3 is 10.5 Å². The molecule has 5 nitrogen and oxygen atoms in total. The summed E-state index contributed by atoms with van der Waals surface area (Å²) >= 11 is 0. The highest BCUT2D eigenvalue weighted by Crippen LogP contribution is 2.15. The van der Waals surface area contributed by atoms with Crippen molar-refractivity contribution >= 4 is 21.8 Å². The van der Waals surface area contributed by atoms with E-state index in [4.69, 9.17) is 10.5 Å². The molecule has 6 heteroatoms. The summed E-state index contributed by atoms with van der Waals surface area (Å²) in [5, 5.41) is 0. The second-order valence-electron chi connectivity index (χ2n) is 2.33. The first-order valence-corrected chi connectivity index (χ1v) is 4.72. The Labute approximate surface area is 81.6 Å². The smallest absolute Gasteiger partial charge is 0.252 e. The number of benzene rings is 1. The maximum Gasteiger partial charge on any atom is 0.252 e. The Morgan fingerprint density at radius 2 is 2.00 bits per heavy atom. The summed E-state index contributed by atoms with van der Waals surface area (Å²) in [5.74, 6) is -0.560. The second kappa shape index (κ2) is 4.43. The largest absolute Gasteiger partial charge is 0.448 e. The van der Waals surface area contributed by atoms with E-state index < -0.39 is 16.2 Å². The molecule has 74 valence electrons. The van der Waals surface area contributed by atoms with E-state index >= 15 is 0 Å². The van der Waals surface area contributed by atoms with Gasteiger partial charge in [-0.2, -0.15) is 8.42 Å². The Hall–Kier alpha value is -1.82. The first-order valence-electron chi connectivity index (χ1n) is 3.58. The zero-order valence-electron chi connectivity index (χ0n) is 7.01. The average molecular weight is 213 g/mol. The molecule has 14 heavy (non-hydrogen) atoms. The van der Waals surface area contributed by atoms with Crippen molar-refractivity contribution in [1.82, 2.24) is 0 Å². The van der Waals surface area contributed by atoms with Gasteiger partial charge in [0.15, 0.2) is 0 Å². The van der Waals surface area contributed by atoms with Gasteiger partial charge in [-0.15, -0.1) is 0 Å². The molecule has 0 spiro atoms. The minimum absolute atomic E-state index is 0.115. The Balaban J connectivity index is 3.08. The summed E-state index contributed by atoms with van der Waals surface area (Å²) in [7, 11) is -2.44. The van der Waals surface area contributed by atoms with Crippen LogP contribution in [-0.4, -0.2) is 19.9 Å². The van der Waals surface area contributed by atoms with E-state index in [1.165, 1.54) is 12.1 Å². The molecule has 2 N–H and O–H groups in total. The van der Waals surface area contributed by atoms with Crippen LogP contribution in [0.3, 0.4) is 0 Å². The van der Waals surface area contributed by atoms with Crippen molar-refractivity contribution in [3.63, 3.8) is 0 Å². The highest BCUT2D eigenvalue weighted by Gasteiger charge is 2.06. The van der Waals surface area contributed by atoms with Crippen LogP contribution in [0.2, 0.25) is 0 Å². The molecule has 0 aliphatic rings. The molecule has 0 atom stereocenters. The molecule has 0 aliphatic heterocycles. The third kappa shape index (κ3) is 2.60. The number of nitrogens with two attached hydrogens (primary N) is 1. The van der Waals surface area contributed by atoms with Crippen LogP contribution < -0.4 is 10.5 Å². The van der Waals surface area contributed by atoms with Gasteiger partial charge >= 0.3 is 0 Å². The Bertz CT molecular complexity index is 470. The quantitative estimate of drug-likeness (QED) is 0.704. The Morgan fingerprint density at radius 3 is 2.57 bits per heavy atom. The molecule has 0 saturated carbocycles. The lowest BCUT2D eigenvalue weighted by Gasteiger charge is -2.02. The molecule has 1 rings (SSSR count). The topological polar surface area (TPSA) is 86.5 Å². The fourth-order valence-corrected chi connectivity index (χ4v) is 1.05. The van der Waals surface area contributed by atoms with Gasteiger partial charge in [0.1, 0.15) is 5.75 Å². The summed E-state index contributed by atoms with van der Waals surface area (Å²) < 4.78 is 25.0. The van der Waals surface area contributed by atoms with Gasteiger partial charge in [-0.05, 0) is 12.1 Å². The van der Waals surface area contributed by atoms with Crippen molar-refractivity contribution < 1.29 is 17.9 Å². The lowest BCUT2D eigenvalue weighted by molar-refractivity contribution is 0.0998. The van der Waals surface area contributed by atoms with E-state index in [0.717, 1.165) is 0 Å². The molecule has 0 bridgehead atoms. The molecule has 0 aliphatic carbocycles. The lowest BCUT2D eigenvalue weighted by Crippen LogP contribution is -2.12. The molecule has 1 amide bonds. The fraction of sp³-hybridized carbons (Fsp3) is 0. The molecule has 0 heterocycles. The lowest BCUT2D eigenvalue weighted by atomic mass is 10.2. The summed E-state index contributed by atoms with van der Waals surface area (Å²) in [6.07, 6.45) is 0. The van der Waals surface area contributed by atoms with Gasteiger partial charge in [-0.3, -0.25) is 4.79 Å². The van der Waals surface area contributed by atoms with Crippen LogP contribution in [0.5, 0.6) is 5.75 Å². The van der Waals surface area contributed by atoms with E-state index in [1.54, 1.807) is 12.1 Å². The van der Waals surface area contributed by atoms with Crippen LogP contribution in [0.4, 0.5) is 0 Å². The molecule has 0 saturated heterocycles. The van der Waals surface area contributed by atoms with Crippen molar-refractivity contribution in [2.45, 2.75) is 0 Å². The van der Waals surface area contributed by atoms with Crippen molar-refractivity contribution in [2.75, 3.05) is 0 Å². The predicted molar refractivity (Wildman–Crippen MR) is 50.6 cm³/mol. The van der Waals surface area contributed by atoms with E-state index in [0.29, 0.717) is 5.55 Å². The predicted octanol–water partition coefficient (Wildman–Crippen LogP) is -0.197. The Kier molecular flexibility index (Phi) is 3.24. The summed E-state index contributed by atoms with van der Waals surface area (Å²) in [4.78, 5) is 10.8. The molecule has 0 unspecified atom stereocenters. The van der Waals surface area contributed by atoms with Crippen molar-refractivity contribution in [1.29, 1.82) is 0 Å². The van der Waals surface area contributed by atoms with Crippen LogP contribution in [0.15, 0.2) is 24.3 Å². The van der Waals surface area contributed by atoms with Gasteiger partial charge in [-0.1, -0.05) is 12.1 Å². The van der Waals surface area contributed by atoms with E-state index in [1.807, 2.05) is 0 Å². The van der Waals surface area contributed by atoms with Gasteiger partial charge in [0, 0.05) is 0 Å². The normalized spacial score (nSPS) is 9.14. The summed E-state index contributed by atoms with van der Waals surface area (Å²) in [5.41, 5.74) is 5.75. The number of carbonyl (C=O) groups is 1. The minimum Gasteiger partial charge on any atom is -0.448 e. The summed E-state index contributed by atoms with van der Waals surface area (Å²) in [6, 6.07) is 6.09. The van der Waals surface area contributed by atoms with Crippen molar-refractivity contribution in [3.05, 3.63) is 29.8 Å². The molecule has 0 radical (unpaired) electrons. The molecule has 1 aromatic rings. The number of para-hydroxylation sites is 1. The SMILES string of the molecule is NC(=O)c1ccccc1OC=S(=O)=O. The average Bonchev–Trinajstić information content (AvgIpc) is 2.15. The number of carbonyl (C=O) groups excluding carboxylic acids is 1. The summed E-state index contributed by atoms with van der Waals surface area (Å²) in [6.45, 7) is 0. The van der Waals surface area contributed by atoms with E-state index in [-0.39, 0.29) is 11.3 Å². The van der Waals surface area contributed by atoms with E-state index in [2.05, 4.69) is 0 Å². The standard InChI is InChI=1S/C8H7NO4S/c9-8(10)6-3-1-2-4-7(6)13-5-14(11)12/h1-5H,(H2,9,10). The van der Waals surface area contributed by atoms with E-state index in [9.17, 15) is 13.2 Å². The third-order valence-corrected chi connectivity index (χ3v) is 1.66. The van der Waals surface area contributed by atoms with Crippen LogP contribution in [0.25, 0.3) is 0 Å². The Morgan fingerprint density at radius 1 is 1.36 bits per heavy atom. The molecular formula is C8H7NO4S.